The van der Waals surface area contributed by atoms with E-state index in [-0.39, 0.29) is 18.1 Å². The molecule has 20 heavy (non-hydrogen) atoms. The minimum absolute atomic E-state index is 0.0279. The summed E-state index contributed by atoms with van der Waals surface area (Å²) in [6.45, 7) is 6.82. The number of nitrogens with two attached hydrogens (primary N) is 1. The van der Waals surface area contributed by atoms with E-state index in [2.05, 4.69) is 6.92 Å². The van der Waals surface area contributed by atoms with Crippen molar-refractivity contribution in [3.8, 4) is 5.75 Å². The molecule has 1 unspecified atom stereocenters. The second-order valence-electron chi connectivity index (χ2n) is 5.77. The molecule has 0 saturated carbocycles. The zero-order valence-electron chi connectivity index (χ0n) is 12.6. The lowest BCUT2D eigenvalue weighted by Crippen LogP contribution is -2.42. The fourth-order valence-corrected chi connectivity index (χ4v) is 2.63. The first-order chi connectivity index (χ1) is 9.49. The van der Waals surface area contributed by atoms with Gasteiger partial charge in [0.2, 0.25) is 0 Å². The van der Waals surface area contributed by atoms with Crippen molar-refractivity contribution >= 4 is 11.6 Å². The standard InChI is InChI=1S/C16H24N2O2/c1-11(2)20-15-8-7-13(17)10-14(15)16(19)18-9-5-4-6-12(18)3/h7-8,10-12H,4-6,9,17H2,1-3H3. The van der Waals surface area contributed by atoms with Crippen LogP contribution in [0.1, 0.15) is 50.4 Å². The second-order valence-corrected chi connectivity index (χ2v) is 5.77. The van der Waals surface area contributed by atoms with Crippen molar-refractivity contribution in [2.24, 2.45) is 0 Å². The van der Waals surface area contributed by atoms with E-state index in [0.717, 1.165) is 19.4 Å². The zero-order valence-corrected chi connectivity index (χ0v) is 12.6. The van der Waals surface area contributed by atoms with Crippen molar-refractivity contribution < 1.29 is 9.53 Å². The first-order valence-electron chi connectivity index (χ1n) is 7.36. The smallest absolute Gasteiger partial charge is 0.257 e. The van der Waals surface area contributed by atoms with Crippen LogP contribution in [0.2, 0.25) is 0 Å². The summed E-state index contributed by atoms with van der Waals surface area (Å²) < 4.78 is 5.74. The summed E-state index contributed by atoms with van der Waals surface area (Å²) in [6, 6.07) is 5.57. The van der Waals surface area contributed by atoms with Gasteiger partial charge in [0.25, 0.3) is 5.91 Å². The first kappa shape index (κ1) is 14.7. The van der Waals surface area contributed by atoms with E-state index in [0.29, 0.717) is 17.0 Å². The Balaban J connectivity index is 2.29. The van der Waals surface area contributed by atoms with E-state index >= 15 is 0 Å². The van der Waals surface area contributed by atoms with Gasteiger partial charge in [-0.25, -0.2) is 0 Å². The number of nitrogens with zero attached hydrogens (tertiary/aromatic N) is 1. The Bertz CT molecular complexity index is 485. The van der Waals surface area contributed by atoms with E-state index in [4.69, 9.17) is 10.5 Å². The average molecular weight is 276 g/mol. The van der Waals surface area contributed by atoms with Gasteiger partial charge < -0.3 is 15.4 Å². The van der Waals surface area contributed by atoms with Gasteiger partial charge in [0, 0.05) is 18.3 Å². The highest BCUT2D eigenvalue weighted by Gasteiger charge is 2.26. The minimum Gasteiger partial charge on any atom is -0.490 e. The molecule has 0 radical (unpaired) electrons. The van der Waals surface area contributed by atoms with E-state index in [1.54, 1.807) is 18.2 Å². The lowest BCUT2D eigenvalue weighted by molar-refractivity contribution is 0.0630. The largest absolute Gasteiger partial charge is 0.490 e. The fourth-order valence-electron chi connectivity index (χ4n) is 2.63. The molecular weight excluding hydrogens is 252 g/mol. The Morgan fingerprint density at radius 2 is 2.15 bits per heavy atom. The fraction of sp³-hybridized carbons (Fsp3) is 0.562. The van der Waals surface area contributed by atoms with Crippen LogP contribution in [0.15, 0.2) is 18.2 Å². The van der Waals surface area contributed by atoms with Crippen LogP contribution in [0.4, 0.5) is 5.69 Å². The van der Waals surface area contributed by atoms with E-state index in [1.807, 2.05) is 18.7 Å². The van der Waals surface area contributed by atoms with Crippen molar-refractivity contribution in [1.82, 2.24) is 4.90 Å². The lowest BCUT2D eigenvalue weighted by Gasteiger charge is -2.34. The molecule has 4 nitrogen and oxygen atoms in total. The normalized spacial score (nSPS) is 19.2. The van der Waals surface area contributed by atoms with Crippen molar-refractivity contribution in [3.63, 3.8) is 0 Å². The first-order valence-corrected chi connectivity index (χ1v) is 7.36. The summed E-state index contributed by atoms with van der Waals surface area (Å²) >= 11 is 0. The maximum atomic E-state index is 12.8. The van der Waals surface area contributed by atoms with Gasteiger partial charge in [0.05, 0.1) is 11.7 Å². The van der Waals surface area contributed by atoms with Gasteiger partial charge in [0.1, 0.15) is 5.75 Å². The number of ether oxygens (including phenoxy) is 1. The molecule has 1 saturated heterocycles. The monoisotopic (exact) mass is 276 g/mol. The molecule has 1 aromatic carbocycles. The average Bonchev–Trinajstić information content (AvgIpc) is 2.40. The molecule has 1 amide bonds. The number of carbonyl (C=O) groups excluding carboxylic acids is 1. The van der Waals surface area contributed by atoms with Crippen molar-refractivity contribution in [3.05, 3.63) is 23.8 Å². The van der Waals surface area contributed by atoms with Crippen LogP contribution in [0, 0.1) is 0 Å². The molecule has 0 bridgehead atoms. The van der Waals surface area contributed by atoms with Crippen LogP contribution in [0.5, 0.6) is 5.75 Å². The van der Waals surface area contributed by atoms with E-state index in [9.17, 15) is 4.79 Å². The number of nitrogen functional groups attached to an aromatic ring is 1. The molecular formula is C16H24N2O2. The molecule has 1 aliphatic heterocycles. The third kappa shape index (κ3) is 3.24. The molecule has 0 spiro atoms. The molecule has 1 aliphatic rings. The number of hydrogen-bond acceptors (Lipinski definition) is 3. The maximum Gasteiger partial charge on any atom is 0.257 e. The van der Waals surface area contributed by atoms with Crippen LogP contribution in [0.3, 0.4) is 0 Å². The van der Waals surface area contributed by atoms with E-state index in [1.165, 1.54) is 6.42 Å². The summed E-state index contributed by atoms with van der Waals surface area (Å²) in [5.74, 6) is 0.650. The number of anilines is 1. The maximum absolute atomic E-state index is 12.8. The Labute approximate surface area is 120 Å². The van der Waals surface area contributed by atoms with Gasteiger partial charge in [-0.2, -0.15) is 0 Å². The van der Waals surface area contributed by atoms with Crippen LogP contribution in [0.25, 0.3) is 0 Å². The summed E-state index contributed by atoms with van der Waals surface area (Å²) in [6.07, 6.45) is 3.36. The molecule has 110 valence electrons. The molecule has 2 N–H and O–H groups in total. The minimum atomic E-state index is 0.0279. The molecule has 1 heterocycles. The molecule has 4 heteroatoms. The number of carbonyl (C=O) groups is 1. The van der Waals surface area contributed by atoms with Crippen molar-refractivity contribution in [2.75, 3.05) is 12.3 Å². The van der Waals surface area contributed by atoms with Crippen LogP contribution in [-0.4, -0.2) is 29.5 Å². The Morgan fingerprint density at radius 3 is 2.80 bits per heavy atom. The second kappa shape index (κ2) is 6.16. The quantitative estimate of drug-likeness (QED) is 0.863. The topological polar surface area (TPSA) is 55.6 Å². The van der Waals surface area contributed by atoms with Gasteiger partial charge in [-0.3, -0.25) is 4.79 Å². The summed E-state index contributed by atoms with van der Waals surface area (Å²) in [7, 11) is 0. The predicted octanol–water partition coefficient (Wildman–Crippen LogP) is 3.07. The molecule has 1 atom stereocenters. The van der Waals surface area contributed by atoms with Gasteiger partial charge in [-0.1, -0.05) is 0 Å². The number of rotatable bonds is 3. The lowest BCUT2D eigenvalue weighted by atomic mass is 10.0. The molecule has 0 aliphatic carbocycles. The number of amides is 1. The Morgan fingerprint density at radius 1 is 1.40 bits per heavy atom. The Kier molecular flexibility index (Phi) is 4.53. The summed E-state index contributed by atoms with van der Waals surface area (Å²) in [4.78, 5) is 14.7. The highest BCUT2D eigenvalue weighted by Crippen LogP contribution is 2.27. The number of hydrogen-bond donors (Lipinski definition) is 1. The third-order valence-electron chi connectivity index (χ3n) is 3.66. The zero-order chi connectivity index (χ0) is 14.7. The van der Waals surface area contributed by atoms with Crippen molar-refractivity contribution in [1.29, 1.82) is 0 Å². The van der Waals surface area contributed by atoms with E-state index < -0.39 is 0 Å². The molecule has 1 fully saturated rings. The number of benzene rings is 1. The van der Waals surface area contributed by atoms with Crippen LogP contribution in [-0.2, 0) is 0 Å². The SMILES string of the molecule is CC(C)Oc1ccc(N)cc1C(=O)N1CCCCC1C. The van der Waals surface area contributed by atoms with Gasteiger partial charge in [0.15, 0.2) is 0 Å². The van der Waals surface area contributed by atoms with Crippen LogP contribution < -0.4 is 10.5 Å². The Hall–Kier alpha value is -1.71. The van der Waals surface area contributed by atoms with Gasteiger partial charge in [-0.05, 0) is 58.2 Å². The third-order valence-corrected chi connectivity index (χ3v) is 3.66. The number of likely N-dealkylation sites (tertiary alicyclic amines) is 1. The summed E-state index contributed by atoms with van der Waals surface area (Å²) in [5.41, 5.74) is 7.00. The molecule has 0 aromatic heterocycles. The van der Waals surface area contributed by atoms with Crippen LogP contribution >= 0.6 is 0 Å². The predicted molar refractivity (Wildman–Crippen MR) is 81.0 cm³/mol. The van der Waals surface area contributed by atoms with Crippen molar-refractivity contribution in [2.45, 2.75) is 52.2 Å². The van der Waals surface area contributed by atoms with Gasteiger partial charge >= 0.3 is 0 Å². The highest BCUT2D eigenvalue weighted by molar-refractivity contribution is 5.98. The van der Waals surface area contributed by atoms with Gasteiger partial charge in [-0.15, -0.1) is 0 Å². The molecule has 2 rings (SSSR count). The molecule has 1 aromatic rings. The summed E-state index contributed by atoms with van der Waals surface area (Å²) in [5, 5.41) is 0. The highest BCUT2D eigenvalue weighted by atomic mass is 16.5. The number of piperidine rings is 1.